The second-order valence-electron chi connectivity index (χ2n) is 5.15. The van der Waals surface area contributed by atoms with Crippen molar-refractivity contribution < 1.29 is 19.4 Å². The number of fused-ring (bicyclic) bond motifs is 1. The van der Waals surface area contributed by atoms with Crippen molar-refractivity contribution in [3.63, 3.8) is 0 Å². The highest BCUT2D eigenvalue weighted by atomic mass is 16.5. The summed E-state index contributed by atoms with van der Waals surface area (Å²) in [5.74, 6) is -0.242. The average Bonchev–Trinajstić information content (AvgIpc) is 2.85. The molecule has 2 heterocycles. The maximum Gasteiger partial charge on any atom is 0.277 e. The Morgan fingerprint density at radius 1 is 1.29 bits per heavy atom. The fraction of sp³-hybridized carbons (Fsp3) is 0.235. The predicted octanol–water partition coefficient (Wildman–Crippen LogP) is 1.29. The first-order valence-electron chi connectivity index (χ1n) is 7.61. The Morgan fingerprint density at radius 3 is 2.88 bits per heavy atom. The number of β-amino-alcohol motifs (C(OH)–C–C–N with tert-alkyl or cyclic N) is 1. The van der Waals surface area contributed by atoms with E-state index in [2.05, 4.69) is 10.3 Å². The van der Waals surface area contributed by atoms with Gasteiger partial charge in [-0.3, -0.25) is 19.5 Å². The maximum absolute atomic E-state index is 12.2. The number of aromatic nitrogens is 1. The van der Waals surface area contributed by atoms with Crippen LogP contribution in [0.15, 0.2) is 42.2 Å². The molecule has 2 aromatic rings. The molecule has 0 atom stereocenters. The molecule has 1 aromatic carbocycles. The van der Waals surface area contributed by atoms with Gasteiger partial charge in [0.25, 0.3) is 11.8 Å². The zero-order valence-electron chi connectivity index (χ0n) is 13.2. The second-order valence-corrected chi connectivity index (χ2v) is 5.15. The van der Waals surface area contributed by atoms with E-state index in [-0.39, 0.29) is 18.8 Å². The van der Waals surface area contributed by atoms with Gasteiger partial charge >= 0.3 is 0 Å². The minimum absolute atomic E-state index is 0.0229. The number of nitrogens with one attached hydrogen (secondary N) is 1. The molecule has 1 aliphatic rings. The van der Waals surface area contributed by atoms with Crippen LogP contribution in [-0.4, -0.2) is 46.6 Å². The number of carbonyl (C=O) groups excluding carboxylic acids is 2. The molecule has 0 saturated heterocycles. The molecule has 7 heteroatoms. The Morgan fingerprint density at radius 2 is 2.12 bits per heavy atom. The zero-order valence-corrected chi connectivity index (χ0v) is 13.2. The lowest BCUT2D eigenvalue weighted by atomic mass is 10.1. The summed E-state index contributed by atoms with van der Waals surface area (Å²) >= 11 is 0. The number of aliphatic hydroxyl groups excluding tert-OH is 1. The predicted molar refractivity (Wildman–Crippen MR) is 88.4 cm³/mol. The summed E-state index contributed by atoms with van der Waals surface area (Å²) in [4.78, 5) is 29.4. The molecule has 1 aromatic heterocycles. The van der Waals surface area contributed by atoms with Gasteiger partial charge in [0.2, 0.25) is 0 Å². The first kappa shape index (κ1) is 15.9. The van der Waals surface area contributed by atoms with Crippen LogP contribution in [0, 0.1) is 0 Å². The van der Waals surface area contributed by atoms with Crippen LogP contribution in [-0.2, 0) is 9.59 Å². The highest BCUT2D eigenvalue weighted by Gasteiger charge is 2.30. The van der Waals surface area contributed by atoms with Crippen molar-refractivity contribution in [1.82, 2.24) is 9.88 Å². The molecule has 2 amide bonds. The molecule has 0 unspecified atom stereocenters. The molecule has 0 fully saturated rings. The smallest absolute Gasteiger partial charge is 0.277 e. The van der Waals surface area contributed by atoms with Crippen molar-refractivity contribution in [2.24, 2.45) is 0 Å². The number of anilines is 1. The number of benzene rings is 1. The summed E-state index contributed by atoms with van der Waals surface area (Å²) in [6, 6.07) is 7.20. The van der Waals surface area contributed by atoms with Crippen LogP contribution in [0.25, 0.3) is 10.9 Å². The van der Waals surface area contributed by atoms with E-state index in [0.29, 0.717) is 23.6 Å². The van der Waals surface area contributed by atoms with E-state index in [1.807, 2.05) is 13.0 Å². The number of carbonyl (C=O) groups is 2. The quantitative estimate of drug-likeness (QED) is 0.777. The van der Waals surface area contributed by atoms with Crippen LogP contribution in [0.3, 0.4) is 0 Å². The van der Waals surface area contributed by atoms with Crippen molar-refractivity contribution in [2.75, 3.05) is 25.1 Å². The van der Waals surface area contributed by atoms with Crippen LogP contribution in [0.1, 0.15) is 6.92 Å². The van der Waals surface area contributed by atoms with Gasteiger partial charge in [-0.25, -0.2) is 0 Å². The lowest BCUT2D eigenvalue weighted by Crippen LogP contribution is -2.34. The molecule has 0 bridgehead atoms. The summed E-state index contributed by atoms with van der Waals surface area (Å²) in [5, 5.41) is 12.7. The second kappa shape index (κ2) is 6.67. The van der Waals surface area contributed by atoms with Gasteiger partial charge in [0.15, 0.2) is 0 Å². The molecule has 0 radical (unpaired) electrons. The zero-order chi connectivity index (χ0) is 17.1. The van der Waals surface area contributed by atoms with Gasteiger partial charge < -0.3 is 15.2 Å². The van der Waals surface area contributed by atoms with Crippen LogP contribution >= 0.6 is 0 Å². The van der Waals surface area contributed by atoms with E-state index in [4.69, 9.17) is 9.84 Å². The number of hydrogen-bond acceptors (Lipinski definition) is 6. The highest BCUT2D eigenvalue weighted by molar-refractivity contribution is 6.18. The van der Waals surface area contributed by atoms with Crippen LogP contribution in [0.2, 0.25) is 0 Å². The Bertz CT molecular complexity index is 832. The van der Waals surface area contributed by atoms with Crippen molar-refractivity contribution in [3.05, 3.63) is 42.2 Å². The van der Waals surface area contributed by atoms with E-state index in [1.165, 1.54) is 6.08 Å². The third-order valence-corrected chi connectivity index (χ3v) is 3.63. The third kappa shape index (κ3) is 2.81. The van der Waals surface area contributed by atoms with Gasteiger partial charge in [-0.05, 0) is 31.2 Å². The Kier molecular flexibility index (Phi) is 4.43. The molecule has 7 nitrogen and oxygen atoms in total. The molecule has 0 aliphatic carbocycles. The molecule has 0 spiro atoms. The summed E-state index contributed by atoms with van der Waals surface area (Å²) in [5.41, 5.74) is 1.50. The highest BCUT2D eigenvalue weighted by Crippen LogP contribution is 2.31. The largest absolute Gasteiger partial charge is 0.492 e. The van der Waals surface area contributed by atoms with Gasteiger partial charge in [0, 0.05) is 23.3 Å². The molecular weight excluding hydrogens is 310 g/mol. The number of rotatable bonds is 6. The standard InChI is InChI=1S/C17H17N3O4/c1-2-24-14-6-5-12(11-4-3-7-18-16(11)14)19-13-10-15(22)20(8-9-21)17(13)23/h3-7,10,19,21H,2,8-9H2,1H3. The molecule has 2 N–H and O–H groups in total. The van der Waals surface area contributed by atoms with Crippen molar-refractivity contribution in [1.29, 1.82) is 0 Å². The lowest BCUT2D eigenvalue weighted by Gasteiger charge is -2.15. The van der Waals surface area contributed by atoms with Gasteiger partial charge in [0.1, 0.15) is 17.0 Å². The van der Waals surface area contributed by atoms with Crippen molar-refractivity contribution in [3.8, 4) is 5.75 Å². The third-order valence-electron chi connectivity index (χ3n) is 3.63. The van der Waals surface area contributed by atoms with Crippen LogP contribution in [0.5, 0.6) is 5.75 Å². The molecular formula is C17H17N3O4. The molecule has 124 valence electrons. The SMILES string of the molecule is CCOc1ccc(NC2=CC(=O)N(CCO)C2=O)c2cccnc12. The summed E-state index contributed by atoms with van der Waals surface area (Å²) in [7, 11) is 0. The van der Waals surface area contributed by atoms with Gasteiger partial charge in [0.05, 0.1) is 19.8 Å². The normalized spacial score (nSPS) is 14.2. The summed E-state index contributed by atoms with van der Waals surface area (Å²) in [6.45, 7) is 2.12. The summed E-state index contributed by atoms with van der Waals surface area (Å²) in [6.07, 6.45) is 2.90. The minimum Gasteiger partial charge on any atom is -0.492 e. The van der Waals surface area contributed by atoms with Crippen LogP contribution < -0.4 is 10.1 Å². The molecule has 24 heavy (non-hydrogen) atoms. The van der Waals surface area contributed by atoms with E-state index in [9.17, 15) is 9.59 Å². The first-order chi connectivity index (χ1) is 11.7. The van der Waals surface area contributed by atoms with E-state index >= 15 is 0 Å². The van der Waals surface area contributed by atoms with E-state index in [0.717, 1.165) is 10.3 Å². The van der Waals surface area contributed by atoms with Crippen molar-refractivity contribution >= 4 is 28.4 Å². The monoisotopic (exact) mass is 327 g/mol. The van der Waals surface area contributed by atoms with E-state index in [1.54, 1.807) is 24.4 Å². The average molecular weight is 327 g/mol. The Hall–Kier alpha value is -2.93. The fourth-order valence-corrected chi connectivity index (χ4v) is 2.58. The molecule has 0 saturated carbocycles. The Labute approximate surface area is 138 Å². The van der Waals surface area contributed by atoms with Crippen LogP contribution in [0.4, 0.5) is 5.69 Å². The Balaban J connectivity index is 1.94. The number of pyridine rings is 1. The number of imide groups is 1. The lowest BCUT2D eigenvalue weighted by molar-refractivity contribution is -0.137. The number of aliphatic hydroxyl groups is 1. The van der Waals surface area contributed by atoms with E-state index < -0.39 is 11.8 Å². The topological polar surface area (TPSA) is 91.8 Å². The van der Waals surface area contributed by atoms with Gasteiger partial charge in [-0.1, -0.05) is 0 Å². The number of amides is 2. The number of hydrogen-bond donors (Lipinski definition) is 2. The van der Waals surface area contributed by atoms with Crippen molar-refractivity contribution in [2.45, 2.75) is 6.92 Å². The maximum atomic E-state index is 12.2. The number of ether oxygens (including phenoxy) is 1. The molecule has 1 aliphatic heterocycles. The molecule has 3 rings (SSSR count). The summed E-state index contributed by atoms with van der Waals surface area (Å²) < 4.78 is 5.57. The number of nitrogens with zero attached hydrogens (tertiary/aromatic N) is 2. The first-order valence-corrected chi connectivity index (χ1v) is 7.61. The van der Waals surface area contributed by atoms with Gasteiger partial charge in [-0.2, -0.15) is 0 Å². The minimum atomic E-state index is -0.458. The fourth-order valence-electron chi connectivity index (χ4n) is 2.58. The van der Waals surface area contributed by atoms with Gasteiger partial charge in [-0.15, -0.1) is 0 Å².